The van der Waals surface area contributed by atoms with Crippen LogP contribution in [-0.4, -0.2) is 8.07 Å². The summed E-state index contributed by atoms with van der Waals surface area (Å²) in [5, 5.41) is 4.20. The highest BCUT2D eigenvalue weighted by molar-refractivity contribution is 6.89. The van der Waals surface area contributed by atoms with Gasteiger partial charge in [0.15, 0.2) is 6.20 Å². The van der Waals surface area contributed by atoms with Crippen LogP contribution in [-0.2, 0) is 13.1 Å². The summed E-state index contributed by atoms with van der Waals surface area (Å²) >= 11 is 0. The van der Waals surface area contributed by atoms with Gasteiger partial charge in [0.05, 0.1) is 19.0 Å². The zero-order valence-corrected chi connectivity index (χ0v) is 20.1. The maximum Gasteiger partial charge on any atom is 0.220 e. The Labute approximate surface area is 182 Å². The lowest BCUT2D eigenvalue weighted by Crippen LogP contribution is -2.44. The lowest BCUT2D eigenvalue weighted by atomic mass is 9.94. The first-order valence-electron chi connectivity index (χ1n) is 10.8. The molecule has 0 amide bonds. The average Bonchev–Trinajstić information content (AvgIpc) is 2.71. The van der Waals surface area contributed by atoms with Gasteiger partial charge in [-0.25, -0.2) is 4.57 Å². The van der Waals surface area contributed by atoms with Crippen molar-refractivity contribution in [2.75, 3.05) is 0 Å². The van der Waals surface area contributed by atoms with E-state index < -0.39 is 8.07 Å². The molecule has 1 aromatic heterocycles. The molecule has 0 atom stereocenters. The summed E-state index contributed by atoms with van der Waals surface area (Å²) in [5.74, 6) is 0. The molecule has 30 heavy (non-hydrogen) atoms. The fourth-order valence-corrected chi connectivity index (χ4v) is 7.16. The van der Waals surface area contributed by atoms with Gasteiger partial charge in [0.2, 0.25) is 5.69 Å². The van der Waals surface area contributed by atoms with Gasteiger partial charge in [-0.15, -0.1) is 0 Å². The predicted octanol–water partition coefficient (Wildman–Crippen LogP) is 5.95. The third-order valence-corrected chi connectivity index (χ3v) is 9.64. The van der Waals surface area contributed by atoms with Crippen LogP contribution < -0.4 is 9.75 Å². The normalized spacial score (nSPS) is 11.8. The van der Waals surface area contributed by atoms with E-state index in [-0.39, 0.29) is 0 Å². The fraction of sp³-hybridized carbons (Fsp3) is 0.250. The molecule has 0 N–H and O–H groups in total. The maximum atomic E-state index is 2.49. The second-order valence-corrected chi connectivity index (χ2v) is 14.1. The summed E-state index contributed by atoms with van der Waals surface area (Å²) in [6, 6.07) is 26.2. The van der Waals surface area contributed by atoms with Crippen LogP contribution in [0.1, 0.15) is 22.3 Å². The molecule has 0 radical (unpaired) electrons. The molecule has 0 spiro atoms. The van der Waals surface area contributed by atoms with Crippen LogP contribution in [0.3, 0.4) is 0 Å². The minimum atomic E-state index is -1.58. The second-order valence-electron chi connectivity index (χ2n) is 9.38. The van der Waals surface area contributed by atoms with E-state index in [1.54, 1.807) is 0 Å². The molecular weight excluding hydrogens is 378 g/mol. The van der Waals surface area contributed by atoms with Gasteiger partial charge >= 0.3 is 0 Å². The topological polar surface area (TPSA) is 3.88 Å². The summed E-state index contributed by atoms with van der Waals surface area (Å²) < 4.78 is 2.27. The SMILES string of the molecule is Cc1cc(C)c(C)c(-c2c3ccc([Si](C)(C)Cc4ccccc4)cc3cc[n+]2C)c1. The van der Waals surface area contributed by atoms with Crippen molar-refractivity contribution in [1.29, 1.82) is 0 Å². The molecule has 3 aromatic carbocycles. The first kappa shape index (κ1) is 20.6. The van der Waals surface area contributed by atoms with Crippen molar-refractivity contribution in [2.24, 2.45) is 7.05 Å². The summed E-state index contributed by atoms with van der Waals surface area (Å²) in [5.41, 5.74) is 8.14. The molecule has 0 saturated heterocycles. The molecule has 0 fully saturated rings. The number of aromatic nitrogens is 1. The minimum Gasteiger partial charge on any atom is -0.200 e. The molecular formula is C28H32NSi+. The number of aryl methyl sites for hydroxylation is 3. The third-order valence-electron chi connectivity index (χ3n) is 6.47. The lowest BCUT2D eigenvalue weighted by Gasteiger charge is -2.24. The molecule has 0 unspecified atom stereocenters. The summed E-state index contributed by atoms with van der Waals surface area (Å²) in [6.07, 6.45) is 2.21. The number of fused-ring (bicyclic) bond motifs is 1. The van der Waals surface area contributed by atoms with E-state index in [1.807, 2.05) is 0 Å². The van der Waals surface area contributed by atoms with Crippen LogP contribution in [0.2, 0.25) is 13.1 Å². The monoisotopic (exact) mass is 410 g/mol. The van der Waals surface area contributed by atoms with E-state index in [0.717, 1.165) is 0 Å². The van der Waals surface area contributed by atoms with Gasteiger partial charge in [0.25, 0.3) is 0 Å². The van der Waals surface area contributed by atoms with Crippen molar-refractivity contribution in [3.8, 4) is 11.3 Å². The highest BCUT2D eigenvalue weighted by Crippen LogP contribution is 2.30. The Hall–Kier alpha value is -2.71. The van der Waals surface area contributed by atoms with E-state index in [9.17, 15) is 0 Å². The Kier molecular flexibility index (Phi) is 5.38. The maximum absolute atomic E-state index is 2.49. The molecule has 1 heterocycles. The number of hydrogen-bond acceptors (Lipinski definition) is 0. The third kappa shape index (κ3) is 3.84. The van der Waals surface area contributed by atoms with Crippen molar-refractivity contribution >= 4 is 24.0 Å². The largest absolute Gasteiger partial charge is 0.220 e. The Bertz CT molecular complexity index is 1220. The van der Waals surface area contributed by atoms with Gasteiger partial charge in [-0.3, -0.25) is 0 Å². The Balaban J connectivity index is 1.84. The molecule has 0 aliphatic heterocycles. The Morgan fingerprint density at radius 2 is 1.57 bits per heavy atom. The van der Waals surface area contributed by atoms with E-state index >= 15 is 0 Å². The van der Waals surface area contributed by atoms with Crippen molar-refractivity contribution in [1.82, 2.24) is 0 Å². The molecule has 0 aliphatic carbocycles. The highest BCUT2D eigenvalue weighted by atomic mass is 28.3. The van der Waals surface area contributed by atoms with Gasteiger partial charge in [0, 0.05) is 6.07 Å². The zero-order chi connectivity index (χ0) is 21.5. The molecule has 1 nitrogen and oxygen atoms in total. The molecule has 0 bridgehead atoms. The molecule has 2 heteroatoms. The summed E-state index contributed by atoms with van der Waals surface area (Å²) in [6.45, 7) is 11.6. The van der Waals surface area contributed by atoms with Crippen LogP contribution in [0.15, 0.2) is 72.9 Å². The average molecular weight is 411 g/mol. The van der Waals surface area contributed by atoms with E-state index in [1.165, 1.54) is 55.5 Å². The Morgan fingerprint density at radius 3 is 2.30 bits per heavy atom. The van der Waals surface area contributed by atoms with Crippen LogP contribution in [0.5, 0.6) is 0 Å². The van der Waals surface area contributed by atoms with Crippen LogP contribution in [0, 0.1) is 20.8 Å². The Morgan fingerprint density at radius 1 is 0.833 bits per heavy atom. The second kappa shape index (κ2) is 7.85. The van der Waals surface area contributed by atoms with E-state index in [4.69, 9.17) is 0 Å². The number of pyridine rings is 1. The van der Waals surface area contributed by atoms with Gasteiger partial charge in [-0.1, -0.05) is 77.9 Å². The predicted molar refractivity (Wildman–Crippen MR) is 132 cm³/mol. The van der Waals surface area contributed by atoms with Crippen molar-refractivity contribution in [2.45, 2.75) is 39.9 Å². The fourth-order valence-electron chi connectivity index (χ4n) is 4.62. The molecule has 0 saturated carbocycles. The van der Waals surface area contributed by atoms with Gasteiger partial charge in [-0.05, 0) is 55.5 Å². The summed E-state index contributed by atoms with van der Waals surface area (Å²) in [7, 11) is 0.577. The first-order chi connectivity index (χ1) is 14.3. The van der Waals surface area contributed by atoms with Crippen molar-refractivity contribution in [3.63, 3.8) is 0 Å². The van der Waals surface area contributed by atoms with Crippen LogP contribution in [0.4, 0.5) is 0 Å². The number of rotatable bonds is 4. The smallest absolute Gasteiger partial charge is 0.200 e. The van der Waals surface area contributed by atoms with Gasteiger partial charge in [-0.2, -0.15) is 0 Å². The highest BCUT2D eigenvalue weighted by Gasteiger charge is 2.25. The molecule has 4 rings (SSSR count). The van der Waals surface area contributed by atoms with Crippen molar-refractivity contribution in [3.05, 3.63) is 95.2 Å². The number of hydrogen-bond donors (Lipinski definition) is 0. The molecule has 152 valence electrons. The number of benzene rings is 3. The number of nitrogens with zero attached hydrogens (tertiary/aromatic N) is 1. The first-order valence-corrected chi connectivity index (χ1v) is 14.0. The van der Waals surface area contributed by atoms with Crippen LogP contribution in [0.25, 0.3) is 22.0 Å². The van der Waals surface area contributed by atoms with Gasteiger partial charge < -0.3 is 0 Å². The van der Waals surface area contributed by atoms with E-state index in [0.29, 0.717) is 0 Å². The zero-order valence-electron chi connectivity index (χ0n) is 19.1. The molecule has 4 aromatic rings. The van der Waals surface area contributed by atoms with Crippen LogP contribution >= 0.6 is 0 Å². The quantitative estimate of drug-likeness (QED) is 0.289. The van der Waals surface area contributed by atoms with E-state index in [2.05, 4.69) is 118 Å². The standard InChI is InChI=1S/C28H32NSi/c1-20-16-21(2)22(3)27(17-20)28-26-13-12-25(18-24(26)14-15-29(28)4)30(5,6)19-23-10-8-7-9-11-23/h7-18H,19H2,1-6H3/q+1. The summed E-state index contributed by atoms with van der Waals surface area (Å²) in [4.78, 5) is 0. The van der Waals surface area contributed by atoms with Crippen molar-refractivity contribution < 1.29 is 4.57 Å². The minimum absolute atomic E-state index is 1.17. The van der Waals surface area contributed by atoms with Gasteiger partial charge in [0.1, 0.15) is 7.05 Å². The lowest BCUT2D eigenvalue weighted by molar-refractivity contribution is -0.659. The molecule has 0 aliphatic rings.